The van der Waals surface area contributed by atoms with Crippen molar-refractivity contribution < 1.29 is 4.79 Å². The van der Waals surface area contributed by atoms with Crippen LogP contribution in [0.2, 0.25) is 0 Å². The highest BCUT2D eigenvalue weighted by Gasteiger charge is 2.37. The van der Waals surface area contributed by atoms with Gasteiger partial charge in [0.05, 0.1) is 5.56 Å². The molecular weight excluding hydrogens is 214 g/mol. The fraction of sp³-hybridized carbons (Fsp3) is 0.308. The van der Waals surface area contributed by atoms with Gasteiger partial charge >= 0.3 is 0 Å². The quantitative estimate of drug-likeness (QED) is 0.618. The van der Waals surface area contributed by atoms with Gasteiger partial charge in [0, 0.05) is 24.0 Å². The van der Waals surface area contributed by atoms with Gasteiger partial charge in [-0.1, -0.05) is 12.2 Å². The summed E-state index contributed by atoms with van der Waals surface area (Å²) < 4.78 is 0. The van der Waals surface area contributed by atoms with Gasteiger partial charge in [0.25, 0.3) is 5.91 Å². The summed E-state index contributed by atoms with van der Waals surface area (Å²) in [6.45, 7) is 0. The Labute approximate surface area is 99.4 Å². The van der Waals surface area contributed by atoms with Crippen LogP contribution in [-0.4, -0.2) is 16.6 Å². The van der Waals surface area contributed by atoms with Crippen LogP contribution in [0.1, 0.15) is 23.2 Å². The van der Waals surface area contributed by atoms with Crippen LogP contribution in [0.5, 0.6) is 0 Å². The molecule has 1 heterocycles. The first-order valence-electron chi connectivity index (χ1n) is 5.78. The number of fused-ring (bicyclic) bond motifs is 1. The molecule has 1 aromatic rings. The molecule has 0 spiro atoms. The molecule has 4 nitrogen and oxygen atoms in total. The Morgan fingerprint density at radius 3 is 3.24 bits per heavy atom. The lowest BCUT2D eigenvalue weighted by Gasteiger charge is -2.31. The summed E-state index contributed by atoms with van der Waals surface area (Å²) in [6, 6.07) is 3.46. The normalized spacial score (nSPS) is 27.6. The first kappa shape index (κ1) is 10.2. The minimum absolute atomic E-state index is 0.194. The smallest absolute Gasteiger partial charge is 0.267 e. The molecule has 1 aromatic heterocycles. The number of carbonyl (C=O) groups is 1. The fourth-order valence-corrected chi connectivity index (χ4v) is 2.35. The molecule has 0 saturated heterocycles. The molecule has 4 heteroatoms. The number of hydrogen-bond donors (Lipinski definition) is 1. The summed E-state index contributed by atoms with van der Waals surface area (Å²) in [4.78, 5) is 15.6. The molecule has 2 aliphatic rings. The Bertz CT molecular complexity index is 493. The number of amides is 1. The predicted octanol–water partition coefficient (Wildman–Crippen LogP) is 1.76. The molecule has 0 radical (unpaired) electrons. The summed E-state index contributed by atoms with van der Waals surface area (Å²) >= 11 is 0. The number of carbonyl (C=O) groups excluding carboxylic acids is 1. The third kappa shape index (κ3) is 1.86. The third-order valence-electron chi connectivity index (χ3n) is 3.39. The van der Waals surface area contributed by atoms with Crippen molar-refractivity contribution >= 4 is 11.6 Å². The zero-order valence-electron chi connectivity index (χ0n) is 9.34. The summed E-state index contributed by atoms with van der Waals surface area (Å²) in [5.41, 5.74) is 4.24. The summed E-state index contributed by atoms with van der Waals surface area (Å²) in [5, 5.41) is 4.20. The van der Waals surface area contributed by atoms with E-state index in [-0.39, 0.29) is 5.91 Å². The molecule has 1 fully saturated rings. The maximum atomic E-state index is 11.7. The lowest BCUT2D eigenvalue weighted by Crippen LogP contribution is -2.35. The van der Waals surface area contributed by atoms with Crippen molar-refractivity contribution in [2.45, 2.75) is 12.8 Å². The van der Waals surface area contributed by atoms with Gasteiger partial charge < -0.3 is 0 Å². The molecule has 1 saturated carbocycles. The predicted molar refractivity (Wildman–Crippen MR) is 64.5 cm³/mol. The Morgan fingerprint density at radius 2 is 2.47 bits per heavy atom. The van der Waals surface area contributed by atoms with Gasteiger partial charge in [-0.15, -0.1) is 0 Å². The highest BCUT2D eigenvalue weighted by Crippen LogP contribution is 2.39. The maximum absolute atomic E-state index is 11.7. The van der Waals surface area contributed by atoms with Gasteiger partial charge in [0.1, 0.15) is 0 Å². The molecule has 0 bridgehead atoms. The van der Waals surface area contributed by atoms with E-state index in [1.807, 2.05) is 0 Å². The Morgan fingerprint density at radius 1 is 1.53 bits per heavy atom. The average Bonchev–Trinajstić information content (AvgIpc) is 2.72. The van der Waals surface area contributed by atoms with Crippen molar-refractivity contribution in [3.05, 3.63) is 42.2 Å². The number of hydrogen-bond acceptors (Lipinski definition) is 3. The lowest BCUT2D eigenvalue weighted by molar-refractivity contribution is 0.0953. The van der Waals surface area contributed by atoms with Crippen molar-refractivity contribution in [1.29, 1.82) is 0 Å². The Hall–Kier alpha value is -1.97. The van der Waals surface area contributed by atoms with E-state index in [0.29, 0.717) is 17.4 Å². The van der Waals surface area contributed by atoms with Gasteiger partial charge in [0.2, 0.25) is 0 Å². The van der Waals surface area contributed by atoms with E-state index in [2.05, 4.69) is 27.7 Å². The van der Waals surface area contributed by atoms with Crippen LogP contribution in [0.3, 0.4) is 0 Å². The topological polar surface area (TPSA) is 54.4 Å². The van der Waals surface area contributed by atoms with Gasteiger partial charge in [-0.05, 0) is 30.9 Å². The number of aromatic nitrogens is 1. The molecular formula is C13H13N3O. The summed E-state index contributed by atoms with van der Waals surface area (Å²) in [5.74, 6) is 0.994. The van der Waals surface area contributed by atoms with Crippen LogP contribution in [0, 0.1) is 11.8 Å². The molecule has 86 valence electrons. The number of nitrogens with one attached hydrogen (secondary N) is 1. The Balaban J connectivity index is 1.62. The maximum Gasteiger partial charge on any atom is 0.272 e. The minimum atomic E-state index is -0.194. The highest BCUT2D eigenvalue weighted by molar-refractivity contribution is 5.97. The van der Waals surface area contributed by atoms with Crippen LogP contribution >= 0.6 is 0 Å². The van der Waals surface area contributed by atoms with Crippen molar-refractivity contribution in [3.63, 3.8) is 0 Å². The molecule has 1 amide bonds. The van der Waals surface area contributed by atoms with Crippen molar-refractivity contribution in [2.24, 2.45) is 16.9 Å². The fourth-order valence-electron chi connectivity index (χ4n) is 2.35. The van der Waals surface area contributed by atoms with E-state index >= 15 is 0 Å². The molecule has 3 rings (SSSR count). The highest BCUT2D eigenvalue weighted by atomic mass is 16.2. The minimum Gasteiger partial charge on any atom is -0.267 e. The molecule has 2 atom stereocenters. The molecule has 0 aliphatic heterocycles. The summed E-state index contributed by atoms with van der Waals surface area (Å²) in [6.07, 6.45) is 9.66. The van der Waals surface area contributed by atoms with E-state index in [0.717, 1.165) is 18.6 Å². The second-order valence-electron chi connectivity index (χ2n) is 4.42. The standard InChI is InChI=1S/C13H13N3O/c17-13(10-4-2-6-14-8-10)16-15-12-7-9-3-1-5-11(9)12/h1-4,6,8-9,11H,5,7H2,(H,16,17)/t9-,11+/m0/s1. The second-order valence-corrected chi connectivity index (χ2v) is 4.42. The van der Waals surface area contributed by atoms with Crippen LogP contribution in [0.25, 0.3) is 0 Å². The van der Waals surface area contributed by atoms with Crippen LogP contribution < -0.4 is 5.43 Å². The van der Waals surface area contributed by atoms with Crippen molar-refractivity contribution in [1.82, 2.24) is 10.4 Å². The molecule has 0 unspecified atom stereocenters. The summed E-state index contributed by atoms with van der Waals surface area (Å²) in [7, 11) is 0. The zero-order valence-corrected chi connectivity index (χ0v) is 9.34. The third-order valence-corrected chi connectivity index (χ3v) is 3.39. The van der Waals surface area contributed by atoms with Crippen molar-refractivity contribution in [2.75, 3.05) is 0 Å². The number of nitrogens with zero attached hydrogens (tertiary/aromatic N) is 2. The zero-order chi connectivity index (χ0) is 11.7. The van der Waals surface area contributed by atoms with E-state index in [9.17, 15) is 4.79 Å². The van der Waals surface area contributed by atoms with Crippen LogP contribution in [0.4, 0.5) is 0 Å². The number of hydrazone groups is 1. The first-order valence-corrected chi connectivity index (χ1v) is 5.78. The number of pyridine rings is 1. The first-order chi connectivity index (χ1) is 8.34. The van der Waals surface area contributed by atoms with Gasteiger partial charge in [0.15, 0.2) is 0 Å². The number of rotatable bonds is 2. The van der Waals surface area contributed by atoms with E-state index in [4.69, 9.17) is 0 Å². The Kier molecular flexibility index (Phi) is 2.48. The van der Waals surface area contributed by atoms with Crippen LogP contribution in [-0.2, 0) is 0 Å². The van der Waals surface area contributed by atoms with E-state index in [1.165, 1.54) is 6.20 Å². The molecule has 2 aliphatic carbocycles. The molecule has 0 aromatic carbocycles. The average molecular weight is 227 g/mol. The number of allylic oxidation sites excluding steroid dienone is 2. The lowest BCUT2D eigenvalue weighted by atomic mass is 9.74. The monoisotopic (exact) mass is 227 g/mol. The second kappa shape index (κ2) is 4.13. The van der Waals surface area contributed by atoms with E-state index < -0.39 is 0 Å². The van der Waals surface area contributed by atoms with Crippen LogP contribution in [0.15, 0.2) is 41.8 Å². The van der Waals surface area contributed by atoms with Gasteiger partial charge in [-0.3, -0.25) is 9.78 Å². The molecule has 17 heavy (non-hydrogen) atoms. The van der Waals surface area contributed by atoms with Gasteiger partial charge in [-0.2, -0.15) is 5.10 Å². The van der Waals surface area contributed by atoms with E-state index in [1.54, 1.807) is 18.3 Å². The van der Waals surface area contributed by atoms with Crippen molar-refractivity contribution in [3.8, 4) is 0 Å². The largest absolute Gasteiger partial charge is 0.272 e. The molecule has 1 N–H and O–H groups in total. The van der Waals surface area contributed by atoms with Gasteiger partial charge in [-0.25, -0.2) is 5.43 Å². The SMILES string of the molecule is O=C(NN=C1C[C@@H]2C=CC[C@@H]12)c1cccnc1.